The van der Waals surface area contributed by atoms with Gasteiger partial charge in [0, 0.05) is 17.9 Å². The third-order valence-corrected chi connectivity index (χ3v) is 4.75. The van der Waals surface area contributed by atoms with E-state index in [0.29, 0.717) is 24.3 Å². The van der Waals surface area contributed by atoms with Gasteiger partial charge in [-0.15, -0.1) is 0 Å². The van der Waals surface area contributed by atoms with E-state index >= 15 is 0 Å². The van der Waals surface area contributed by atoms with Crippen molar-refractivity contribution in [2.45, 2.75) is 25.4 Å². The second kappa shape index (κ2) is 10.2. The van der Waals surface area contributed by atoms with Crippen LogP contribution in [0.15, 0.2) is 84.9 Å². The predicted octanol–water partition coefficient (Wildman–Crippen LogP) is 5.19. The van der Waals surface area contributed by atoms with E-state index in [-0.39, 0.29) is 18.2 Å². The molecule has 0 aliphatic rings. The van der Waals surface area contributed by atoms with Crippen LogP contribution in [0.1, 0.15) is 40.2 Å². The molecule has 0 saturated heterocycles. The number of ketones is 1. The van der Waals surface area contributed by atoms with Gasteiger partial charge in [-0.1, -0.05) is 72.8 Å². The van der Waals surface area contributed by atoms with E-state index in [1.54, 1.807) is 12.1 Å². The SMILES string of the molecule is COC(=O)CCC(C(=O)c1cccc(OCc2ccccc2)c1)c1ccccc1. The standard InChI is InChI=1S/C25H24O4/c1-28-24(26)16-15-23(20-11-6-3-7-12-20)25(27)21-13-8-14-22(17-21)29-18-19-9-4-2-5-10-19/h2-14,17,23H,15-16,18H2,1H3. The zero-order chi connectivity index (χ0) is 20.5. The van der Waals surface area contributed by atoms with Crippen molar-refractivity contribution in [2.24, 2.45) is 0 Å². The van der Waals surface area contributed by atoms with Crippen LogP contribution in [-0.4, -0.2) is 18.9 Å². The molecule has 3 rings (SSSR count). The summed E-state index contributed by atoms with van der Waals surface area (Å²) in [6.07, 6.45) is 0.580. The number of benzene rings is 3. The number of carbonyl (C=O) groups excluding carboxylic acids is 2. The zero-order valence-corrected chi connectivity index (χ0v) is 16.4. The van der Waals surface area contributed by atoms with Crippen LogP contribution in [0, 0.1) is 0 Å². The van der Waals surface area contributed by atoms with Crippen molar-refractivity contribution in [2.75, 3.05) is 7.11 Å². The molecular weight excluding hydrogens is 364 g/mol. The van der Waals surface area contributed by atoms with Crippen LogP contribution in [0.5, 0.6) is 5.75 Å². The van der Waals surface area contributed by atoms with Gasteiger partial charge in [-0.25, -0.2) is 0 Å². The molecule has 0 spiro atoms. The highest BCUT2D eigenvalue weighted by Gasteiger charge is 2.23. The van der Waals surface area contributed by atoms with Crippen LogP contribution in [0.2, 0.25) is 0 Å². The molecule has 0 radical (unpaired) electrons. The van der Waals surface area contributed by atoms with E-state index in [9.17, 15) is 9.59 Å². The molecule has 0 fully saturated rings. The first-order valence-corrected chi connectivity index (χ1v) is 9.60. The van der Waals surface area contributed by atoms with Gasteiger partial charge in [-0.2, -0.15) is 0 Å². The Morgan fingerprint density at radius 2 is 1.55 bits per heavy atom. The van der Waals surface area contributed by atoms with E-state index in [0.717, 1.165) is 11.1 Å². The molecular formula is C25H24O4. The molecule has 0 amide bonds. The molecule has 0 N–H and O–H groups in total. The Morgan fingerprint density at radius 3 is 2.24 bits per heavy atom. The Kier molecular flexibility index (Phi) is 7.17. The molecule has 0 aliphatic carbocycles. The normalized spacial score (nSPS) is 11.5. The molecule has 0 aliphatic heterocycles. The van der Waals surface area contributed by atoms with Crippen LogP contribution >= 0.6 is 0 Å². The summed E-state index contributed by atoms with van der Waals surface area (Å²) in [4.78, 5) is 24.9. The van der Waals surface area contributed by atoms with Crippen molar-refractivity contribution in [3.8, 4) is 5.75 Å². The minimum atomic E-state index is -0.417. The molecule has 29 heavy (non-hydrogen) atoms. The third-order valence-electron chi connectivity index (χ3n) is 4.75. The highest BCUT2D eigenvalue weighted by molar-refractivity contribution is 6.01. The summed E-state index contributed by atoms with van der Waals surface area (Å²) >= 11 is 0. The van der Waals surface area contributed by atoms with Crippen LogP contribution < -0.4 is 4.74 Å². The number of rotatable bonds is 9. The molecule has 0 bridgehead atoms. The fraction of sp³-hybridized carbons (Fsp3) is 0.200. The summed E-state index contributed by atoms with van der Waals surface area (Å²) in [6, 6.07) is 26.6. The lowest BCUT2D eigenvalue weighted by molar-refractivity contribution is -0.140. The topological polar surface area (TPSA) is 52.6 Å². The third kappa shape index (κ3) is 5.79. The lowest BCUT2D eigenvalue weighted by Gasteiger charge is -2.16. The number of ether oxygens (including phenoxy) is 2. The van der Waals surface area contributed by atoms with Crippen molar-refractivity contribution < 1.29 is 19.1 Å². The molecule has 1 atom stereocenters. The molecule has 0 heterocycles. The van der Waals surface area contributed by atoms with Gasteiger partial charge >= 0.3 is 5.97 Å². The predicted molar refractivity (Wildman–Crippen MR) is 112 cm³/mol. The average Bonchev–Trinajstić information content (AvgIpc) is 2.79. The van der Waals surface area contributed by atoms with Crippen LogP contribution in [0.25, 0.3) is 0 Å². The van der Waals surface area contributed by atoms with E-state index in [4.69, 9.17) is 9.47 Å². The quantitative estimate of drug-likeness (QED) is 0.374. The molecule has 0 aromatic heterocycles. The lowest BCUT2D eigenvalue weighted by atomic mass is 9.87. The maximum atomic E-state index is 13.3. The zero-order valence-electron chi connectivity index (χ0n) is 16.4. The summed E-state index contributed by atoms with van der Waals surface area (Å²) in [5.74, 6) is -0.136. The second-order valence-corrected chi connectivity index (χ2v) is 6.74. The summed E-state index contributed by atoms with van der Waals surface area (Å²) in [6.45, 7) is 0.433. The number of carbonyl (C=O) groups is 2. The number of esters is 1. The molecule has 148 valence electrons. The van der Waals surface area contributed by atoms with Gasteiger partial charge in [0.25, 0.3) is 0 Å². The van der Waals surface area contributed by atoms with Crippen molar-refractivity contribution >= 4 is 11.8 Å². The summed E-state index contributed by atoms with van der Waals surface area (Å²) in [5.41, 5.74) is 2.51. The average molecular weight is 388 g/mol. The number of methoxy groups -OCH3 is 1. The van der Waals surface area contributed by atoms with Gasteiger partial charge in [-0.05, 0) is 29.7 Å². The lowest BCUT2D eigenvalue weighted by Crippen LogP contribution is -2.15. The van der Waals surface area contributed by atoms with Gasteiger partial charge in [0.05, 0.1) is 7.11 Å². The van der Waals surface area contributed by atoms with Gasteiger partial charge in [0.1, 0.15) is 12.4 Å². The minimum Gasteiger partial charge on any atom is -0.489 e. The minimum absolute atomic E-state index is 0.0368. The maximum absolute atomic E-state index is 13.3. The van der Waals surface area contributed by atoms with Crippen LogP contribution in [-0.2, 0) is 16.1 Å². The van der Waals surface area contributed by atoms with E-state index in [2.05, 4.69) is 0 Å². The van der Waals surface area contributed by atoms with Crippen molar-refractivity contribution in [3.05, 3.63) is 102 Å². The van der Waals surface area contributed by atoms with E-state index in [1.165, 1.54) is 7.11 Å². The van der Waals surface area contributed by atoms with Gasteiger partial charge in [0.15, 0.2) is 5.78 Å². The van der Waals surface area contributed by atoms with Gasteiger partial charge in [-0.3, -0.25) is 9.59 Å². The van der Waals surface area contributed by atoms with Crippen molar-refractivity contribution in [3.63, 3.8) is 0 Å². The van der Waals surface area contributed by atoms with Gasteiger partial charge < -0.3 is 9.47 Å². The summed E-state index contributed by atoms with van der Waals surface area (Å²) in [5, 5.41) is 0. The van der Waals surface area contributed by atoms with Crippen LogP contribution in [0.4, 0.5) is 0 Å². The number of hydrogen-bond donors (Lipinski definition) is 0. The van der Waals surface area contributed by atoms with E-state index in [1.807, 2.05) is 72.8 Å². The smallest absolute Gasteiger partial charge is 0.305 e. The van der Waals surface area contributed by atoms with E-state index < -0.39 is 5.92 Å². The Hall–Kier alpha value is -3.40. The fourth-order valence-corrected chi connectivity index (χ4v) is 3.18. The highest BCUT2D eigenvalue weighted by Crippen LogP contribution is 2.27. The Bertz CT molecular complexity index is 935. The molecule has 4 nitrogen and oxygen atoms in total. The second-order valence-electron chi connectivity index (χ2n) is 6.74. The number of hydrogen-bond acceptors (Lipinski definition) is 4. The monoisotopic (exact) mass is 388 g/mol. The van der Waals surface area contributed by atoms with Crippen LogP contribution in [0.3, 0.4) is 0 Å². The Morgan fingerprint density at radius 1 is 0.862 bits per heavy atom. The molecule has 3 aromatic carbocycles. The Balaban J connectivity index is 1.77. The molecule has 0 saturated carbocycles. The molecule has 4 heteroatoms. The largest absolute Gasteiger partial charge is 0.489 e. The molecule has 3 aromatic rings. The molecule has 1 unspecified atom stereocenters. The first kappa shape index (κ1) is 20.3. The van der Waals surface area contributed by atoms with Crippen molar-refractivity contribution in [1.29, 1.82) is 0 Å². The first-order chi connectivity index (χ1) is 14.2. The summed E-state index contributed by atoms with van der Waals surface area (Å²) < 4.78 is 10.6. The number of Topliss-reactive ketones (excluding diaryl/α,β-unsaturated/α-hetero) is 1. The fourth-order valence-electron chi connectivity index (χ4n) is 3.18. The maximum Gasteiger partial charge on any atom is 0.305 e. The van der Waals surface area contributed by atoms with Crippen molar-refractivity contribution in [1.82, 2.24) is 0 Å². The first-order valence-electron chi connectivity index (χ1n) is 9.60. The summed E-state index contributed by atoms with van der Waals surface area (Å²) in [7, 11) is 1.36. The van der Waals surface area contributed by atoms with Gasteiger partial charge in [0.2, 0.25) is 0 Å². The Labute approximate surface area is 171 Å². The highest BCUT2D eigenvalue weighted by atomic mass is 16.5.